The summed E-state index contributed by atoms with van der Waals surface area (Å²) in [6.07, 6.45) is 4.27. The van der Waals surface area contributed by atoms with Crippen molar-refractivity contribution in [1.29, 1.82) is 0 Å². The first-order valence-electron chi connectivity index (χ1n) is 5.18. The van der Waals surface area contributed by atoms with Gasteiger partial charge in [-0.15, -0.1) is 0 Å². The summed E-state index contributed by atoms with van der Waals surface area (Å²) in [7, 11) is 0. The molecule has 1 aromatic carbocycles. The largest absolute Gasteiger partial charge is 0.478 e. The molecular formula is C14H11NO2. The molecule has 0 fully saturated rings. The lowest BCUT2D eigenvalue weighted by Gasteiger charge is -2.00. The molecule has 0 amide bonds. The van der Waals surface area contributed by atoms with Gasteiger partial charge in [0.2, 0.25) is 0 Å². The lowest BCUT2D eigenvalue weighted by Crippen LogP contribution is -1.87. The number of aliphatic carboxylic acids is 1. The van der Waals surface area contributed by atoms with Crippen LogP contribution in [0.4, 0.5) is 0 Å². The number of aromatic nitrogens is 1. The van der Waals surface area contributed by atoms with Gasteiger partial charge in [0.15, 0.2) is 0 Å². The Morgan fingerprint density at radius 3 is 2.47 bits per heavy atom. The number of carboxylic acids is 1. The molecule has 0 aliphatic carbocycles. The molecule has 0 unspecified atom stereocenters. The summed E-state index contributed by atoms with van der Waals surface area (Å²) in [4.78, 5) is 14.6. The zero-order valence-corrected chi connectivity index (χ0v) is 9.08. The van der Waals surface area contributed by atoms with Crippen LogP contribution >= 0.6 is 0 Å². The van der Waals surface area contributed by atoms with Gasteiger partial charge in [-0.05, 0) is 17.7 Å². The van der Waals surface area contributed by atoms with Crippen molar-refractivity contribution in [3.63, 3.8) is 0 Å². The summed E-state index contributed by atoms with van der Waals surface area (Å²) in [5.74, 6) is -0.961. The highest BCUT2D eigenvalue weighted by atomic mass is 16.4. The number of carboxylic acid groups (broad SMARTS) is 1. The minimum atomic E-state index is -0.961. The number of benzene rings is 1. The van der Waals surface area contributed by atoms with Gasteiger partial charge < -0.3 is 5.11 Å². The molecule has 0 atom stereocenters. The van der Waals surface area contributed by atoms with Gasteiger partial charge in [-0.3, -0.25) is 4.98 Å². The third-order valence-corrected chi connectivity index (χ3v) is 2.27. The van der Waals surface area contributed by atoms with E-state index in [0.717, 1.165) is 22.9 Å². The highest BCUT2D eigenvalue weighted by molar-refractivity contribution is 5.85. The Balaban J connectivity index is 2.22. The topological polar surface area (TPSA) is 50.2 Å². The molecule has 0 saturated heterocycles. The average Bonchev–Trinajstić information content (AvgIpc) is 2.38. The smallest absolute Gasteiger partial charge is 0.328 e. The maximum absolute atomic E-state index is 10.4. The maximum atomic E-state index is 10.4. The predicted molar refractivity (Wildman–Crippen MR) is 66.3 cm³/mol. The lowest BCUT2D eigenvalue weighted by atomic mass is 10.1. The van der Waals surface area contributed by atoms with E-state index in [-0.39, 0.29) is 0 Å². The molecule has 84 valence electrons. The average molecular weight is 225 g/mol. The molecule has 1 aromatic heterocycles. The van der Waals surface area contributed by atoms with Crippen LogP contribution in [0.15, 0.2) is 54.7 Å². The standard InChI is InChI=1S/C14H11NO2/c16-14(17)9-7-11-6-8-13(15-10-11)12-4-2-1-3-5-12/h1-10H,(H,16,17). The summed E-state index contributed by atoms with van der Waals surface area (Å²) in [5, 5.41) is 8.50. The Kier molecular flexibility index (Phi) is 3.31. The molecule has 0 radical (unpaired) electrons. The van der Waals surface area contributed by atoms with Gasteiger partial charge in [-0.2, -0.15) is 0 Å². The second kappa shape index (κ2) is 5.07. The summed E-state index contributed by atoms with van der Waals surface area (Å²) in [6, 6.07) is 13.5. The van der Waals surface area contributed by atoms with Crippen LogP contribution in [0, 0.1) is 0 Å². The number of hydrogen-bond acceptors (Lipinski definition) is 2. The van der Waals surface area contributed by atoms with Crippen LogP contribution in [0.2, 0.25) is 0 Å². The minimum absolute atomic E-state index is 0.770. The second-order valence-corrected chi connectivity index (χ2v) is 3.51. The number of nitrogens with zero attached hydrogens (tertiary/aromatic N) is 1. The summed E-state index contributed by atoms with van der Waals surface area (Å²) >= 11 is 0. The molecule has 0 spiro atoms. The van der Waals surface area contributed by atoms with E-state index < -0.39 is 5.97 Å². The summed E-state index contributed by atoms with van der Waals surface area (Å²) in [6.45, 7) is 0. The van der Waals surface area contributed by atoms with E-state index in [1.54, 1.807) is 6.20 Å². The molecule has 0 aliphatic rings. The summed E-state index contributed by atoms with van der Waals surface area (Å²) < 4.78 is 0. The fourth-order valence-corrected chi connectivity index (χ4v) is 1.45. The van der Waals surface area contributed by atoms with Crippen molar-refractivity contribution < 1.29 is 9.90 Å². The van der Waals surface area contributed by atoms with Crippen LogP contribution in [0.25, 0.3) is 17.3 Å². The molecule has 0 bridgehead atoms. The van der Waals surface area contributed by atoms with Gasteiger partial charge in [0.05, 0.1) is 5.69 Å². The Bertz CT molecular complexity index is 530. The molecule has 17 heavy (non-hydrogen) atoms. The van der Waals surface area contributed by atoms with Crippen molar-refractivity contribution in [2.45, 2.75) is 0 Å². The Labute approximate surface area is 99.1 Å². The highest BCUT2D eigenvalue weighted by Gasteiger charge is 1.97. The van der Waals surface area contributed by atoms with Crippen LogP contribution in [-0.4, -0.2) is 16.1 Å². The Hall–Kier alpha value is -2.42. The molecule has 1 N–H and O–H groups in total. The predicted octanol–water partition coefficient (Wildman–Crippen LogP) is 2.85. The van der Waals surface area contributed by atoms with Crippen LogP contribution in [0.3, 0.4) is 0 Å². The van der Waals surface area contributed by atoms with Gasteiger partial charge in [-0.25, -0.2) is 4.79 Å². The van der Waals surface area contributed by atoms with E-state index >= 15 is 0 Å². The molecular weight excluding hydrogens is 214 g/mol. The van der Waals surface area contributed by atoms with Crippen LogP contribution in [-0.2, 0) is 4.79 Å². The molecule has 2 aromatic rings. The molecule has 1 heterocycles. The first-order valence-corrected chi connectivity index (χ1v) is 5.18. The highest BCUT2D eigenvalue weighted by Crippen LogP contribution is 2.16. The van der Waals surface area contributed by atoms with E-state index in [4.69, 9.17) is 5.11 Å². The quantitative estimate of drug-likeness (QED) is 0.817. The fourth-order valence-electron chi connectivity index (χ4n) is 1.45. The second-order valence-electron chi connectivity index (χ2n) is 3.51. The molecule has 2 rings (SSSR count). The monoisotopic (exact) mass is 225 g/mol. The van der Waals surface area contributed by atoms with Crippen LogP contribution < -0.4 is 0 Å². The van der Waals surface area contributed by atoms with Crippen molar-refractivity contribution >= 4 is 12.0 Å². The number of pyridine rings is 1. The van der Waals surface area contributed by atoms with Crippen LogP contribution in [0.1, 0.15) is 5.56 Å². The number of rotatable bonds is 3. The van der Waals surface area contributed by atoms with Crippen LogP contribution in [0.5, 0.6) is 0 Å². The normalized spacial score (nSPS) is 10.6. The molecule has 0 saturated carbocycles. The number of hydrogen-bond donors (Lipinski definition) is 1. The Morgan fingerprint density at radius 1 is 1.12 bits per heavy atom. The fraction of sp³-hybridized carbons (Fsp3) is 0. The number of carbonyl (C=O) groups is 1. The summed E-state index contributed by atoms with van der Waals surface area (Å²) in [5.41, 5.74) is 2.69. The van der Waals surface area contributed by atoms with Gasteiger partial charge >= 0.3 is 5.97 Å². The zero-order valence-electron chi connectivity index (χ0n) is 9.08. The third-order valence-electron chi connectivity index (χ3n) is 2.27. The first kappa shape index (κ1) is 11.1. The molecule has 3 heteroatoms. The maximum Gasteiger partial charge on any atom is 0.328 e. The van der Waals surface area contributed by atoms with Crippen molar-refractivity contribution in [3.8, 4) is 11.3 Å². The molecule has 0 aliphatic heterocycles. The van der Waals surface area contributed by atoms with Crippen molar-refractivity contribution in [1.82, 2.24) is 4.98 Å². The van der Waals surface area contributed by atoms with Gasteiger partial charge in [0.1, 0.15) is 0 Å². The minimum Gasteiger partial charge on any atom is -0.478 e. The van der Waals surface area contributed by atoms with Crippen molar-refractivity contribution in [2.75, 3.05) is 0 Å². The SMILES string of the molecule is O=C(O)C=Cc1ccc(-c2ccccc2)nc1. The zero-order chi connectivity index (χ0) is 12.1. The van der Waals surface area contributed by atoms with E-state index in [0.29, 0.717) is 0 Å². The Morgan fingerprint density at radius 2 is 1.88 bits per heavy atom. The third kappa shape index (κ3) is 3.01. The van der Waals surface area contributed by atoms with Crippen molar-refractivity contribution in [3.05, 3.63) is 60.3 Å². The van der Waals surface area contributed by atoms with E-state index in [9.17, 15) is 4.79 Å². The lowest BCUT2D eigenvalue weighted by molar-refractivity contribution is -0.131. The van der Waals surface area contributed by atoms with Gasteiger partial charge in [0, 0.05) is 17.8 Å². The molecule has 3 nitrogen and oxygen atoms in total. The van der Waals surface area contributed by atoms with E-state index in [2.05, 4.69) is 4.98 Å². The van der Waals surface area contributed by atoms with E-state index in [1.807, 2.05) is 42.5 Å². The van der Waals surface area contributed by atoms with E-state index in [1.165, 1.54) is 6.08 Å². The van der Waals surface area contributed by atoms with Gasteiger partial charge in [-0.1, -0.05) is 36.4 Å². The van der Waals surface area contributed by atoms with Crippen molar-refractivity contribution in [2.24, 2.45) is 0 Å². The first-order chi connectivity index (χ1) is 8.25. The van der Waals surface area contributed by atoms with Gasteiger partial charge in [0.25, 0.3) is 0 Å².